The highest BCUT2D eigenvalue weighted by Gasteiger charge is 2.13. The number of nitrogens with zero attached hydrogens (tertiary/aromatic N) is 1. The lowest BCUT2D eigenvalue weighted by Gasteiger charge is -2.29. The summed E-state index contributed by atoms with van der Waals surface area (Å²) in [5.41, 5.74) is 0. The maximum absolute atomic E-state index is 3.51. The predicted molar refractivity (Wildman–Crippen MR) is 67.1 cm³/mol. The molecule has 1 aliphatic heterocycles. The van der Waals surface area contributed by atoms with Crippen LogP contribution in [-0.2, 0) is 0 Å². The van der Waals surface area contributed by atoms with Gasteiger partial charge in [-0.3, -0.25) is 4.90 Å². The molecule has 0 radical (unpaired) electrons. The first-order valence-electron chi connectivity index (χ1n) is 6.30. The van der Waals surface area contributed by atoms with Gasteiger partial charge in [0, 0.05) is 19.1 Å². The van der Waals surface area contributed by atoms with E-state index < -0.39 is 0 Å². The van der Waals surface area contributed by atoms with Crippen LogP contribution in [0.4, 0.5) is 0 Å². The van der Waals surface area contributed by atoms with Crippen LogP contribution in [0.25, 0.3) is 0 Å². The SMILES string of the molecule is CC(C)CNCCC(C)N1CC=CCC1. The Morgan fingerprint density at radius 3 is 2.67 bits per heavy atom. The van der Waals surface area contributed by atoms with E-state index in [1.54, 1.807) is 0 Å². The molecule has 1 unspecified atom stereocenters. The van der Waals surface area contributed by atoms with Gasteiger partial charge in [0.05, 0.1) is 0 Å². The fourth-order valence-electron chi connectivity index (χ4n) is 1.94. The first-order chi connectivity index (χ1) is 7.20. The monoisotopic (exact) mass is 210 g/mol. The largest absolute Gasteiger partial charge is 0.316 e. The number of rotatable bonds is 6. The second kappa shape index (κ2) is 7.02. The molecule has 88 valence electrons. The zero-order valence-electron chi connectivity index (χ0n) is 10.5. The number of hydrogen-bond donors (Lipinski definition) is 1. The lowest BCUT2D eigenvalue weighted by atomic mass is 10.1. The molecule has 0 aliphatic carbocycles. The van der Waals surface area contributed by atoms with Crippen LogP contribution in [0.2, 0.25) is 0 Å². The smallest absolute Gasteiger partial charge is 0.0166 e. The van der Waals surface area contributed by atoms with Crippen molar-refractivity contribution in [3.8, 4) is 0 Å². The van der Waals surface area contributed by atoms with Crippen molar-refractivity contribution in [2.24, 2.45) is 5.92 Å². The van der Waals surface area contributed by atoms with Gasteiger partial charge in [0.25, 0.3) is 0 Å². The molecule has 1 heterocycles. The van der Waals surface area contributed by atoms with Crippen molar-refractivity contribution in [3.05, 3.63) is 12.2 Å². The van der Waals surface area contributed by atoms with Gasteiger partial charge in [-0.05, 0) is 38.8 Å². The molecule has 1 aliphatic rings. The molecule has 0 amide bonds. The van der Waals surface area contributed by atoms with Crippen LogP contribution in [0, 0.1) is 5.92 Å². The van der Waals surface area contributed by atoms with Gasteiger partial charge < -0.3 is 5.32 Å². The van der Waals surface area contributed by atoms with E-state index in [0.29, 0.717) is 0 Å². The Bertz CT molecular complexity index is 187. The Morgan fingerprint density at radius 2 is 2.07 bits per heavy atom. The third kappa shape index (κ3) is 5.33. The Labute approximate surface area is 94.7 Å². The van der Waals surface area contributed by atoms with E-state index in [-0.39, 0.29) is 0 Å². The van der Waals surface area contributed by atoms with Crippen molar-refractivity contribution in [1.82, 2.24) is 10.2 Å². The second-order valence-electron chi connectivity index (χ2n) is 4.99. The second-order valence-corrected chi connectivity index (χ2v) is 4.99. The number of hydrogen-bond acceptors (Lipinski definition) is 2. The molecule has 1 N–H and O–H groups in total. The molecule has 0 aromatic heterocycles. The van der Waals surface area contributed by atoms with Crippen molar-refractivity contribution in [2.75, 3.05) is 26.2 Å². The lowest BCUT2D eigenvalue weighted by Crippen LogP contribution is -2.37. The van der Waals surface area contributed by atoms with Crippen LogP contribution in [0.1, 0.15) is 33.6 Å². The molecule has 15 heavy (non-hydrogen) atoms. The maximum Gasteiger partial charge on any atom is 0.0166 e. The zero-order valence-corrected chi connectivity index (χ0v) is 10.5. The van der Waals surface area contributed by atoms with Crippen LogP contribution >= 0.6 is 0 Å². The molecule has 0 aromatic carbocycles. The molecule has 1 atom stereocenters. The summed E-state index contributed by atoms with van der Waals surface area (Å²) in [4.78, 5) is 2.57. The van der Waals surface area contributed by atoms with Crippen molar-refractivity contribution >= 4 is 0 Å². The van der Waals surface area contributed by atoms with Gasteiger partial charge >= 0.3 is 0 Å². The van der Waals surface area contributed by atoms with Gasteiger partial charge in [-0.1, -0.05) is 26.0 Å². The Morgan fingerprint density at radius 1 is 1.27 bits per heavy atom. The van der Waals surface area contributed by atoms with Crippen LogP contribution in [0.3, 0.4) is 0 Å². The third-order valence-electron chi connectivity index (χ3n) is 3.00. The Hall–Kier alpha value is -0.340. The Balaban J connectivity index is 2.07. The minimum absolute atomic E-state index is 0.717. The molecule has 1 rings (SSSR count). The van der Waals surface area contributed by atoms with Crippen molar-refractivity contribution < 1.29 is 0 Å². The van der Waals surface area contributed by atoms with E-state index in [4.69, 9.17) is 0 Å². The van der Waals surface area contributed by atoms with Crippen LogP contribution in [0.15, 0.2) is 12.2 Å². The lowest BCUT2D eigenvalue weighted by molar-refractivity contribution is 0.216. The summed E-state index contributed by atoms with van der Waals surface area (Å²) in [5, 5.41) is 3.51. The van der Waals surface area contributed by atoms with Gasteiger partial charge in [-0.2, -0.15) is 0 Å². The molecule has 0 fully saturated rings. The molecule has 0 aromatic rings. The fraction of sp³-hybridized carbons (Fsp3) is 0.846. The molecule has 2 nitrogen and oxygen atoms in total. The first-order valence-corrected chi connectivity index (χ1v) is 6.30. The summed E-state index contributed by atoms with van der Waals surface area (Å²) in [6.45, 7) is 11.5. The summed E-state index contributed by atoms with van der Waals surface area (Å²) >= 11 is 0. The summed E-state index contributed by atoms with van der Waals surface area (Å²) in [7, 11) is 0. The van der Waals surface area contributed by atoms with E-state index in [0.717, 1.165) is 31.6 Å². The van der Waals surface area contributed by atoms with Gasteiger partial charge in [0.1, 0.15) is 0 Å². The van der Waals surface area contributed by atoms with Crippen molar-refractivity contribution in [2.45, 2.75) is 39.7 Å². The van der Waals surface area contributed by atoms with Gasteiger partial charge in [-0.25, -0.2) is 0 Å². The van der Waals surface area contributed by atoms with Crippen molar-refractivity contribution in [3.63, 3.8) is 0 Å². The normalized spacial score (nSPS) is 19.7. The minimum atomic E-state index is 0.717. The van der Waals surface area contributed by atoms with E-state index in [2.05, 4.69) is 43.1 Å². The van der Waals surface area contributed by atoms with Crippen molar-refractivity contribution in [1.29, 1.82) is 0 Å². The highest BCUT2D eigenvalue weighted by atomic mass is 15.1. The first kappa shape index (κ1) is 12.7. The Kier molecular flexibility index (Phi) is 5.96. The average molecular weight is 210 g/mol. The molecule has 0 saturated carbocycles. The van der Waals surface area contributed by atoms with E-state index in [9.17, 15) is 0 Å². The van der Waals surface area contributed by atoms with Gasteiger partial charge in [-0.15, -0.1) is 0 Å². The summed E-state index contributed by atoms with van der Waals surface area (Å²) in [6, 6.07) is 0.717. The summed E-state index contributed by atoms with van der Waals surface area (Å²) < 4.78 is 0. The average Bonchev–Trinajstić information content (AvgIpc) is 2.25. The molecular formula is C13H26N2. The molecular weight excluding hydrogens is 184 g/mol. The van der Waals surface area contributed by atoms with Crippen LogP contribution < -0.4 is 5.32 Å². The summed E-state index contributed by atoms with van der Waals surface area (Å²) in [5.74, 6) is 0.762. The van der Waals surface area contributed by atoms with E-state index in [1.807, 2.05) is 0 Å². The van der Waals surface area contributed by atoms with Crippen LogP contribution in [-0.4, -0.2) is 37.1 Å². The highest BCUT2D eigenvalue weighted by molar-refractivity contribution is 4.92. The predicted octanol–water partition coefficient (Wildman–Crippen LogP) is 2.27. The molecule has 0 bridgehead atoms. The quantitative estimate of drug-likeness (QED) is 0.534. The highest BCUT2D eigenvalue weighted by Crippen LogP contribution is 2.08. The topological polar surface area (TPSA) is 15.3 Å². The maximum atomic E-state index is 3.51. The molecule has 2 heteroatoms. The molecule has 0 saturated heterocycles. The van der Waals surface area contributed by atoms with Gasteiger partial charge in [0.2, 0.25) is 0 Å². The fourth-order valence-corrected chi connectivity index (χ4v) is 1.94. The third-order valence-corrected chi connectivity index (χ3v) is 3.00. The van der Waals surface area contributed by atoms with Crippen LogP contribution in [0.5, 0.6) is 0 Å². The number of nitrogens with one attached hydrogen (secondary N) is 1. The molecule has 0 spiro atoms. The zero-order chi connectivity index (χ0) is 11.1. The van der Waals surface area contributed by atoms with E-state index in [1.165, 1.54) is 19.4 Å². The van der Waals surface area contributed by atoms with E-state index >= 15 is 0 Å². The minimum Gasteiger partial charge on any atom is -0.316 e. The van der Waals surface area contributed by atoms with Gasteiger partial charge in [0.15, 0.2) is 0 Å². The summed E-state index contributed by atoms with van der Waals surface area (Å²) in [6.07, 6.45) is 7.08. The standard InChI is InChI=1S/C13H26N2/c1-12(2)11-14-8-7-13(3)15-9-5-4-6-10-15/h4-5,12-14H,6-11H2,1-3H3.